The molecule has 0 saturated heterocycles. The number of hydrogen-bond donors (Lipinski definition) is 6. The quantitative estimate of drug-likeness (QED) is 0.0115. The summed E-state index contributed by atoms with van der Waals surface area (Å²) in [6.45, 7) is 101. The average molecular weight is 2100 g/mol. The van der Waals surface area contributed by atoms with Crippen molar-refractivity contribution in [2.24, 2.45) is 43.3 Å². The molecule has 146 heavy (non-hydrogen) atoms. The first-order valence-electron chi connectivity index (χ1n) is 50.1. The Morgan fingerprint density at radius 1 is 0.295 bits per heavy atom. The maximum Gasteiger partial charge on any atom is 0.311 e. The maximum atomic E-state index is 12.3. The van der Waals surface area contributed by atoms with Gasteiger partial charge in [-0.05, 0) is 337 Å². The Morgan fingerprint density at radius 2 is 0.582 bits per heavy atom. The summed E-state index contributed by atoms with van der Waals surface area (Å²) in [5, 5.41) is 20.2. The summed E-state index contributed by atoms with van der Waals surface area (Å²) in [6, 6.07) is 36.6. The maximum absolute atomic E-state index is 12.3. The first-order valence-corrected chi connectivity index (χ1v) is 52.2. The molecule has 0 aromatic heterocycles. The van der Waals surface area contributed by atoms with E-state index in [0.717, 1.165) is 92.7 Å². The molecule has 0 bridgehead atoms. The fraction of sp³-hybridized carbons (Fsp3) is 0.742. The standard InChI is InChI=1S/C19H29NO3S.C18H29NO2S.C16H25NO2.C15H25NO.2C12H25NO2.2C12H24O.8CH4/c1-18(2,3)16(21)20-15(14-10-8-7-9-11-14)24-13-12-23-17(22)19(4,5)6;1-17(2,3)16(20)21-12-13-22-15(19-18(4,5)6)14-10-8-7-9-11-14;1-15(2,3)14(18)19-11-12-7-9-13(10-8-12)17-16(4,5)6;1-14(2,3)16-13-9-7-12(8-10-13)11-17-15(4,5)6;2*1-11(2,3)13-9-7-8-10(14)15-12(4,5)6;2*1-11(2,3)9-7-8-10(13)12(4,5)6;;;;;;;;/h7-11,15H,12-13H2,1-6H3,(H,20,21);7-11,15,19H,12-13H2,1-6H3;7-10,17H,11H2,1-6H3;7-10,16H,11H2,1-6H3;2*13H,7-9H2,1-6H3;2*7-9H2,1-6H3;8*1H4. The molecule has 860 valence electrons. The van der Waals surface area contributed by atoms with Crippen LogP contribution in [0.2, 0.25) is 0 Å². The SMILES string of the molecule is C.C.C.C.C.C.C.C.CC(C)(C)C(=O)NC(SCCOC(=O)C(C)(C)C)c1ccccc1.CC(C)(C)CCCC(=O)C(C)(C)C.CC(C)(C)CCCC(=O)C(C)(C)C.CC(C)(C)NC(SCCOC(=O)C(C)(C)C)c1ccccc1.CC(C)(C)NCCCC(=O)OC(C)(C)C.CC(C)(C)NCCCC(=O)OC(C)(C)C.CC(C)(C)Nc1ccc(COC(=O)C(C)(C)C)cc1.CC(C)(C)Nc1ccc(COC(C)(C)C)cc1. The Bertz CT molecular complexity index is 3950. The zero-order valence-electron chi connectivity index (χ0n) is 96.8. The van der Waals surface area contributed by atoms with Gasteiger partial charge >= 0.3 is 29.8 Å². The molecule has 0 fully saturated rings. The Balaban J connectivity index is -0.000000141. The van der Waals surface area contributed by atoms with Crippen LogP contribution >= 0.6 is 23.5 Å². The molecule has 2 atom stereocenters. The molecule has 1 amide bonds. The van der Waals surface area contributed by atoms with Gasteiger partial charge in [-0.1, -0.05) is 248 Å². The predicted molar refractivity (Wildman–Crippen MR) is 643 cm³/mol. The summed E-state index contributed by atoms with van der Waals surface area (Å²) >= 11 is 3.33. The minimum absolute atomic E-state index is 0. The smallest absolute Gasteiger partial charge is 0.311 e. The third-order valence-corrected chi connectivity index (χ3v) is 20.6. The van der Waals surface area contributed by atoms with Crippen LogP contribution in [0.4, 0.5) is 11.4 Å². The number of ether oxygens (including phenoxy) is 6. The van der Waals surface area contributed by atoms with Crippen molar-refractivity contribution < 1.29 is 66.8 Å². The highest BCUT2D eigenvalue weighted by Gasteiger charge is 2.31. The monoisotopic (exact) mass is 2100 g/mol. The molecule has 0 heterocycles. The molecule has 0 radical (unpaired) electrons. The highest BCUT2D eigenvalue weighted by molar-refractivity contribution is 7.99. The first kappa shape index (κ1) is 164. The van der Waals surface area contributed by atoms with Gasteiger partial charge in [-0.25, -0.2) is 0 Å². The van der Waals surface area contributed by atoms with Crippen molar-refractivity contribution in [3.05, 3.63) is 131 Å². The molecular weight excluding hydrogens is 1860 g/mol. The minimum Gasteiger partial charge on any atom is -0.464 e. The van der Waals surface area contributed by atoms with E-state index in [2.05, 4.69) is 234 Å². The number of nitrogens with one attached hydrogen (secondary N) is 6. The fourth-order valence-electron chi connectivity index (χ4n) is 10.8. The molecule has 0 spiro atoms. The van der Waals surface area contributed by atoms with Crippen molar-refractivity contribution in [1.82, 2.24) is 21.3 Å². The van der Waals surface area contributed by atoms with Crippen molar-refractivity contribution in [1.29, 1.82) is 0 Å². The number of carbonyl (C=O) groups excluding carboxylic acids is 8. The molecule has 0 aliphatic heterocycles. The fourth-order valence-corrected chi connectivity index (χ4v) is 13.0. The molecule has 4 aromatic rings. The van der Waals surface area contributed by atoms with Gasteiger partial charge in [0.25, 0.3) is 0 Å². The molecule has 0 aliphatic carbocycles. The van der Waals surface area contributed by atoms with Gasteiger partial charge in [0.2, 0.25) is 5.91 Å². The van der Waals surface area contributed by atoms with Crippen LogP contribution in [0.15, 0.2) is 109 Å². The summed E-state index contributed by atoms with van der Waals surface area (Å²) in [5.41, 5.74) is 4.86. The molecule has 22 heteroatoms. The number of thioether (sulfide) groups is 2. The number of benzene rings is 4. The number of hydrogen-bond acceptors (Lipinski definition) is 21. The lowest BCUT2D eigenvalue weighted by atomic mass is 9.84. The predicted octanol–water partition coefficient (Wildman–Crippen LogP) is 34.5. The van der Waals surface area contributed by atoms with E-state index < -0.39 is 21.7 Å². The molecule has 6 N–H and O–H groups in total. The Hall–Kier alpha value is -6.82. The lowest BCUT2D eigenvalue weighted by Gasteiger charge is -2.28. The summed E-state index contributed by atoms with van der Waals surface area (Å²) in [6.07, 6.45) is 8.42. The van der Waals surface area contributed by atoms with E-state index in [4.69, 9.17) is 28.4 Å². The first-order chi connectivity index (χ1) is 61.8. The Kier molecular flexibility index (Phi) is 83.5. The second-order valence-electron chi connectivity index (χ2n) is 52.5. The van der Waals surface area contributed by atoms with Gasteiger partial charge in [0, 0.05) is 92.5 Å². The van der Waals surface area contributed by atoms with E-state index >= 15 is 0 Å². The van der Waals surface area contributed by atoms with Crippen molar-refractivity contribution in [3.63, 3.8) is 0 Å². The number of carbonyl (C=O) groups is 8. The second-order valence-corrected chi connectivity index (χ2v) is 54.9. The molecular formula is C124H238N6O14S2. The molecule has 4 rings (SSSR count). The van der Waals surface area contributed by atoms with Gasteiger partial charge in [0.1, 0.15) is 48.0 Å². The van der Waals surface area contributed by atoms with E-state index in [1.165, 1.54) is 11.1 Å². The van der Waals surface area contributed by atoms with Crippen molar-refractivity contribution in [3.8, 4) is 0 Å². The highest BCUT2D eigenvalue weighted by Crippen LogP contribution is 2.33. The van der Waals surface area contributed by atoms with Crippen LogP contribution in [-0.4, -0.2) is 130 Å². The Labute approximate surface area is 912 Å². The summed E-state index contributed by atoms with van der Waals surface area (Å²) in [7, 11) is 0. The summed E-state index contributed by atoms with van der Waals surface area (Å²) < 4.78 is 32.0. The molecule has 20 nitrogen and oxygen atoms in total. The van der Waals surface area contributed by atoms with Gasteiger partial charge < -0.3 is 55.0 Å². The van der Waals surface area contributed by atoms with Gasteiger partial charge in [0.05, 0.1) is 33.8 Å². The number of anilines is 2. The van der Waals surface area contributed by atoms with Crippen LogP contribution < -0.4 is 31.9 Å². The third kappa shape index (κ3) is 103. The van der Waals surface area contributed by atoms with E-state index in [0.29, 0.717) is 67.4 Å². The lowest BCUT2D eigenvalue weighted by molar-refractivity contribution is -0.156. The zero-order chi connectivity index (χ0) is 109. The summed E-state index contributed by atoms with van der Waals surface area (Å²) in [4.78, 5) is 93.3. The number of ketones is 2. The molecule has 0 saturated carbocycles. The minimum atomic E-state index is -0.496. The second kappa shape index (κ2) is 74.2. The topological polar surface area (TPSA) is 264 Å². The van der Waals surface area contributed by atoms with E-state index in [1.54, 1.807) is 23.5 Å². The molecule has 4 aromatic carbocycles. The third-order valence-electron chi connectivity index (χ3n) is 18.3. The van der Waals surface area contributed by atoms with Crippen LogP contribution in [0.3, 0.4) is 0 Å². The zero-order valence-corrected chi connectivity index (χ0v) is 98.4. The van der Waals surface area contributed by atoms with Crippen LogP contribution in [-0.2, 0) is 80.0 Å². The lowest BCUT2D eigenvalue weighted by Crippen LogP contribution is -2.37. The van der Waals surface area contributed by atoms with E-state index in [9.17, 15) is 38.4 Å². The molecule has 2 unspecified atom stereocenters. The largest absolute Gasteiger partial charge is 0.464 e. The summed E-state index contributed by atoms with van der Waals surface area (Å²) in [5.74, 6) is 1.40. The van der Waals surface area contributed by atoms with Crippen LogP contribution in [0.25, 0.3) is 0 Å². The number of rotatable bonds is 32. The Morgan fingerprint density at radius 3 is 0.836 bits per heavy atom. The van der Waals surface area contributed by atoms with Crippen molar-refractivity contribution in [2.75, 3.05) is 48.4 Å². The van der Waals surface area contributed by atoms with Gasteiger partial charge in [-0.15, -0.1) is 23.5 Å². The van der Waals surface area contributed by atoms with Crippen LogP contribution in [0.5, 0.6) is 0 Å². The van der Waals surface area contributed by atoms with Gasteiger partial charge in [-0.2, -0.15) is 0 Å². The van der Waals surface area contributed by atoms with E-state index in [1.807, 2.05) is 239 Å². The molecule has 0 aliphatic rings. The number of Topliss-reactive ketones (excluding diaryl/α,β-unsaturated/α-hetero) is 2. The van der Waals surface area contributed by atoms with Crippen LogP contribution in [0, 0.1) is 43.3 Å². The normalized spacial score (nSPS) is 12.2. The van der Waals surface area contributed by atoms with E-state index in [-0.39, 0.29) is 161 Å². The van der Waals surface area contributed by atoms with Crippen molar-refractivity contribution >= 4 is 82.2 Å². The number of esters is 5. The van der Waals surface area contributed by atoms with Crippen LogP contribution in [0.1, 0.15) is 489 Å². The average Bonchev–Trinajstić information content (AvgIpc) is 0.860. The van der Waals surface area contributed by atoms with Crippen molar-refractivity contribution in [2.45, 2.75) is 524 Å². The van der Waals surface area contributed by atoms with Gasteiger partial charge in [0.15, 0.2) is 0 Å². The van der Waals surface area contributed by atoms with Gasteiger partial charge in [-0.3, -0.25) is 43.7 Å². The highest BCUT2D eigenvalue weighted by atomic mass is 32.2. The number of amides is 1.